The minimum Gasteiger partial charge on any atom is -0.483 e. The molecule has 3 aromatic carbocycles. The number of nitrogens with one attached hydrogen (secondary N) is 2. The predicted molar refractivity (Wildman–Crippen MR) is 185 cm³/mol. The number of fused-ring (bicyclic) bond motifs is 1. The SMILES string of the molecule is CCCCC1(CC)CN(c2ccccc2)c2cc(SC)c(OCC(=O)N[C@@H](C(=O)N[C@H](CO)C(=O)O)c3ccccc3)cc2S(=O)(=O)C1. The Kier molecular flexibility index (Phi) is 12.5. The van der Waals surface area contributed by atoms with Crippen molar-refractivity contribution in [2.24, 2.45) is 5.41 Å². The Hall–Kier alpha value is -4.07. The topological polar surface area (TPSA) is 162 Å². The van der Waals surface area contributed by atoms with Gasteiger partial charge >= 0.3 is 5.97 Å². The third kappa shape index (κ3) is 8.69. The number of rotatable bonds is 15. The Labute approximate surface area is 286 Å². The van der Waals surface area contributed by atoms with E-state index in [2.05, 4.69) is 22.5 Å². The van der Waals surface area contributed by atoms with Crippen LogP contribution in [0, 0.1) is 5.41 Å². The van der Waals surface area contributed by atoms with Crippen molar-refractivity contribution in [3.63, 3.8) is 0 Å². The van der Waals surface area contributed by atoms with Crippen molar-refractivity contribution < 1.29 is 37.8 Å². The first kappa shape index (κ1) is 36.8. The maximum Gasteiger partial charge on any atom is 0.328 e. The molecule has 0 saturated heterocycles. The molecule has 11 nitrogen and oxygen atoms in total. The van der Waals surface area contributed by atoms with E-state index in [0.717, 1.165) is 24.9 Å². The minimum atomic E-state index is -3.80. The molecule has 0 radical (unpaired) electrons. The van der Waals surface area contributed by atoms with Crippen LogP contribution in [0.3, 0.4) is 0 Å². The molecule has 13 heteroatoms. The molecule has 1 aliphatic rings. The molecule has 1 heterocycles. The molecule has 4 N–H and O–H groups in total. The molecule has 0 spiro atoms. The lowest BCUT2D eigenvalue weighted by Crippen LogP contribution is -2.49. The van der Waals surface area contributed by atoms with E-state index in [9.17, 15) is 33.0 Å². The number of amides is 2. The average Bonchev–Trinajstić information content (AvgIpc) is 3.19. The number of aliphatic carboxylic acids is 1. The summed E-state index contributed by atoms with van der Waals surface area (Å²) in [6.45, 7) is 3.28. The van der Waals surface area contributed by atoms with Crippen molar-refractivity contribution >= 4 is 50.8 Å². The fraction of sp³-hybridized carbons (Fsp3) is 0.400. The predicted octanol–water partition coefficient (Wildman–Crippen LogP) is 4.72. The Morgan fingerprint density at radius 1 is 1.02 bits per heavy atom. The van der Waals surface area contributed by atoms with E-state index in [-0.39, 0.29) is 16.4 Å². The smallest absolute Gasteiger partial charge is 0.328 e. The third-order valence-corrected chi connectivity index (χ3v) is 11.3. The van der Waals surface area contributed by atoms with Gasteiger partial charge < -0.3 is 30.5 Å². The summed E-state index contributed by atoms with van der Waals surface area (Å²) in [5.41, 5.74) is 1.33. The lowest BCUT2D eigenvalue weighted by Gasteiger charge is -2.36. The summed E-state index contributed by atoms with van der Waals surface area (Å²) < 4.78 is 34.3. The van der Waals surface area contributed by atoms with Crippen LogP contribution in [0.2, 0.25) is 0 Å². The number of thioether (sulfide) groups is 1. The zero-order valence-electron chi connectivity index (χ0n) is 27.3. The zero-order chi connectivity index (χ0) is 34.9. The third-order valence-electron chi connectivity index (χ3n) is 8.60. The van der Waals surface area contributed by atoms with E-state index in [0.29, 0.717) is 29.1 Å². The van der Waals surface area contributed by atoms with Crippen LogP contribution in [-0.2, 0) is 24.2 Å². The molecule has 3 aromatic rings. The second kappa shape index (κ2) is 16.4. The minimum absolute atomic E-state index is 0.0234. The van der Waals surface area contributed by atoms with Gasteiger partial charge in [0.25, 0.3) is 5.91 Å². The maximum absolute atomic E-state index is 14.2. The second-order valence-corrected chi connectivity index (χ2v) is 14.7. The van der Waals surface area contributed by atoms with Crippen LogP contribution in [-0.4, -0.2) is 74.2 Å². The number of para-hydroxylation sites is 1. The fourth-order valence-electron chi connectivity index (χ4n) is 5.87. The summed E-state index contributed by atoms with van der Waals surface area (Å²) in [6.07, 6.45) is 5.13. The first-order valence-corrected chi connectivity index (χ1v) is 18.7. The Balaban J connectivity index is 1.66. The van der Waals surface area contributed by atoms with Crippen molar-refractivity contribution in [1.82, 2.24) is 10.6 Å². The maximum atomic E-state index is 14.2. The highest BCUT2D eigenvalue weighted by Crippen LogP contribution is 2.47. The summed E-state index contributed by atoms with van der Waals surface area (Å²) in [6, 6.07) is 18.4. The van der Waals surface area contributed by atoms with Crippen molar-refractivity contribution in [1.29, 1.82) is 0 Å². The van der Waals surface area contributed by atoms with E-state index >= 15 is 0 Å². The van der Waals surface area contributed by atoms with Crippen molar-refractivity contribution in [3.05, 3.63) is 78.4 Å². The first-order chi connectivity index (χ1) is 23.0. The van der Waals surface area contributed by atoms with Gasteiger partial charge in [0.2, 0.25) is 5.91 Å². The number of ether oxygens (including phenoxy) is 1. The summed E-state index contributed by atoms with van der Waals surface area (Å²) in [4.78, 5) is 40.5. The van der Waals surface area contributed by atoms with E-state index in [1.807, 2.05) is 43.5 Å². The van der Waals surface area contributed by atoms with Gasteiger partial charge in [0, 0.05) is 23.7 Å². The Bertz CT molecular complexity index is 1690. The van der Waals surface area contributed by atoms with Gasteiger partial charge in [-0.05, 0) is 42.9 Å². The van der Waals surface area contributed by atoms with Crippen LogP contribution in [0.5, 0.6) is 5.75 Å². The zero-order valence-corrected chi connectivity index (χ0v) is 29.0. The molecule has 1 unspecified atom stereocenters. The number of hydrogen-bond donors (Lipinski definition) is 4. The number of nitrogens with zero attached hydrogens (tertiary/aromatic N) is 1. The van der Waals surface area contributed by atoms with Crippen molar-refractivity contribution in [2.75, 3.05) is 36.7 Å². The molecule has 3 atom stereocenters. The van der Waals surface area contributed by atoms with E-state index in [1.54, 1.807) is 36.4 Å². The number of hydrogen-bond acceptors (Lipinski definition) is 9. The van der Waals surface area contributed by atoms with Gasteiger partial charge in [-0.1, -0.05) is 75.2 Å². The van der Waals surface area contributed by atoms with Crippen LogP contribution < -0.4 is 20.3 Å². The summed E-state index contributed by atoms with van der Waals surface area (Å²) in [5, 5.41) is 23.5. The van der Waals surface area contributed by atoms with E-state index in [4.69, 9.17) is 4.74 Å². The molecule has 0 saturated carbocycles. The fourth-order valence-corrected chi connectivity index (χ4v) is 8.60. The van der Waals surface area contributed by atoms with Crippen LogP contribution in [0.15, 0.2) is 82.6 Å². The Morgan fingerprint density at radius 2 is 1.69 bits per heavy atom. The number of carbonyl (C=O) groups is 3. The van der Waals surface area contributed by atoms with Crippen LogP contribution in [0.4, 0.5) is 11.4 Å². The van der Waals surface area contributed by atoms with Crippen LogP contribution >= 0.6 is 11.8 Å². The van der Waals surface area contributed by atoms with E-state index < -0.39 is 58.3 Å². The van der Waals surface area contributed by atoms with Gasteiger partial charge in [-0.15, -0.1) is 11.8 Å². The Morgan fingerprint density at radius 3 is 2.27 bits per heavy atom. The van der Waals surface area contributed by atoms with Crippen molar-refractivity contribution in [2.45, 2.75) is 61.4 Å². The summed E-state index contributed by atoms with van der Waals surface area (Å²) in [5.74, 6) is -2.78. The average molecular weight is 698 g/mol. The molecule has 0 bridgehead atoms. The van der Waals surface area contributed by atoms with Crippen LogP contribution in [0.25, 0.3) is 0 Å². The molecular weight excluding hydrogens is 655 g/mol. The standard InChI is InChI=1S/C35H43N3O8S2/c1-4-6-17-35(5-2)22-38(25-15-11-8-12-16-25)27-18-29(47-3)28(19-30(27)48(44,45)23-35)46-21-31(40)37-32(24-13-9-7-10-14-24)33(41)36-26(20-39)34(42)43/h7-16,18-19,26,32,39H,4-6,17,20-23H2,1-3H3,(H,36,41)(H,37,40)(H,42,43)/t26-,32-,35?/m1/s1. The van der Waals surface area contributed by atoms with Gasteiger partial charge in [-0.2, -0.15) is 0 Å². The van der Waals surface area contributed by atoms with E-state index in [1.165, 1.54) is 17.8 Å². The first-order valence-electron chi connectivity index (χ1n) is 15.9. The molecule has 0 aliphatic carbocycles. The van der Waals surface area contributed by atoms with Crippen LogP contribution in [0.1, 0.15) is 51.1 Å². The lowest BCUT2D eigenvalue weighted by atomic mass is 9.81. The quantitative estimate of drug-likeness (QED) is 0.164. The number of sulfone groups is 1. The number of benzene rings is 3. The number of carboxylic acids is 1. The number of carbonyl (C=O) groups excluding carboxylic acids is 2. The number of carboxylic acid groups (broad SMARTS) is 1. The second-order valence-electron chi connectivity index (χ2n) is 11.9. The molecule has 2 amide bonds. The van der Waals surface area contributed by atoms with Gasteiger partial charge in [-0.25, -0.2) is 13.2 Å². The number of aliphatic hydroxyl groups is 1. The summed E-state index contributed by atoms with van der Waals surface area (Å²) in [7, 11) is -3.80. The van der Waals surface area contributed by atoms with Gasteiger partial charge in [-0.3, -0.25) is 9.59 Å². The molecule has 4 rings (SSSR count). The molecule has 48 heavy (non-hydrogen) atoms. The number of aliphatic hydroxyl groups excluding tert-OH is 1. The normalized spacial score (nSPS) is 18.1. The van der Waals surface area contributed by atoms with Gasteiger partial charge in [0.1, 0.15) is 17.8 Å². The number of unbranched alkanes of at least 4 members (excludes halogenated alkanes) is 1. The monoisotopic (exact) mass is 697 g/mol. The largest absolute Gasteiger partial charge is 0.483 e. The highest BCUT2D eigenvalue weighted by Gasteiger charge is 2.42. The van der Waals surface area contributed by atoms with Crippen molar-refractivity contribution in [3.8, 4) is 5.75 Å². The van der Waals surface area contributed by atoms with Gasteiger partial charge in [0.15, 0.2) is 16.4 Å². The molecule has 0 fully saturated rings. The molecule has 0 aromatic heterocycles. The molecular formula is C35H43N3O8S2. The van der Waals surface area contributed by atoms with Gasteiger partial charge in [0.05, 0.1) is 27.8 Å². The number of anilines is 2. The highest BCUT2D eigenvalue weighted by atomic mass is 32.2. The molecule has 258 valence electrons. The summed E-state index contributed by atoms with van der Waals surface area (Å²) >= 11 is 1.35. The highest BCUT2D eigenvalue weighted by molar-refractivity contribution is 7.98. The lowest BCUT2D eigenvalue weighted by molar-refractivity contribution is -0.143. The molecule has 1 aliphatic heterocycles.